The van der Waals surface area contributed by atoms with Crippen LogP contribution in [0.3, 0.4) is 0 Å². The molecule has 1 atom stereocenters. The standard InChI is InChI=1S/C28H32N2O3/c1-22(31)25-13-8-14-27(19-25)33-21-26(32)20-29-15-17-30(18-16-29)28(23-9-4-2-5-10-23)24-11-6-3-7-12-24/h2-14,19,26,28,32H,15-18,20-21H2,1H3. The van der Waals surface area contributed by atoms with Gasteiger partial charge in [-0.3, -0.25) is 14.6 Å². The van der Waals surface area contributed by atoms with E-state index in [0.29, 0.717) is 17.9 Å². The van der Waals surface area contributed by atoms with Gasteiger partial charge in [-0.25, -0.2) is 0 Å². The van der Waals surface area contributed by atoms with Gasteiger partial charge in [-0.2, -0.15) is 0 Å². The number of ether oxygens (including phenoxy) is 1. The van der Waals surface area contributed by atoms with Crippen molar-refractivity contribution in [1.82, 2.24) is 9.80 Å². The summed E-state index contributed by atoms with van der Waals surface area (Å²) in [5.41, 5.74) is 3.22. The van der Waals surface area contributed by atoms with Crippen LogP contribution >= 0.6 is 0 Å². The largest absolute Gasteiger partial charge is 0.491 e. The van der Waals surface area contributed by atoms with Crippen LogP contribution in [0.1, 0.15) is 34.5 Å². The van der Waals surface area contributed by atoms with E-state index in [1.165, 1.54) is 18.1 Å². The Kier molecular flexibility index (Phi) is 7.89. The molecule has 0 bridgehead atoms. The Morgan fingerprint density at radius 3 is 2.06 bits per heavy atom. The Hall–Kier alpha value is -2.99. The lowest BCUT2D eigenvalue weighted by molar-refractivity contribution is 0.0401. The van der Waals surface area contributed by atoms with Crippen molar-refractivity contribution in [3.05, 3.63) is 102 Å². The summed E-state index contributed by atoms with van der Waals surface area (Å²) in [5, 5.41) is 10.5. The average molecular weight is 445 g/mol. The molecule has 0 saturated carbocycles. The van der Waals surface area contributed by atoms with Gasteiger partial charge in [0.05, 0.1) is 6.04 Å². The fourth-order valence-corrected chi connectivity index (χ4v) is 4.44. The molecule has 3 aromatic rings. The third-order valence-corrected chi connectivity index (χ3v) is 6.15. The molecular weight excluding hydrogens is 412 g/mol. The van der Waals surface area contributed by atoms with Gasteiger partial charge in [-0.05, 0) is 30.2 Å². The average Bonchev–Trinajstić information content (AvgIpc) is 2.85. The predicted molar refractivity (Wildman–Crippen MR) is 131 cm³/mol. The number of hydrogen-bond acceptors (Lipinski definition) is 5. The molecule has 1 heterocycles. The lowest BCUT2D eigenvalue weighted by Crippen LogP contribution is -2.50. The molecule has 0 aliphatic carbocycles. The first kappa shape index (κ1) is 23.2. The van der Waals surface area contributed by atoms with Crippen LogP contribution in [-0.2, 0) is 0 Å². The molecule has 1 aliphatic heterocycles. The number of nitrogens with zero attached hydrogens (tertiary/aromatic N) is 2. The number of carbonyl (C=O) groups is 1. The molecule has 4 rings (SSSR count). The molecule has 1 aliphatic rings. The van der Waals surface area contributed by atoms with Crippen molar-refractivity contribution in [2.24, 2.45) is 0 Å². The number of carbonyl (C=O) groups excluding carboxylic acids is 1. The first-order valence-corrected chi connectivity index (χ1v) is 11.6. The molecule has 0 amide bonds. The van der Waals surface area contributed by atoms with Crippen molar-refractivity contribution >= 4 is 5.78 Å². The SMILES string of the molecule is CC(=O)c1cccc(OCC(O)CN2CCN(C(c3ccccc3)c3ccccc3)CC2)c1. The second kappa shape index (κ2) is 11.2. The molecule has 33 heavy (non-hydrogen) atoms. The van der Waals surface area contributed by atoms with Gasteiger partial charge in [-0.15, -0.1) is 0 Å². The van der Waals surface area contributed by atoms with Crippen molar-refractivity contribution in [3.8, 4) is 5.75 Å². The monoisotopic (exact) mass is 444 g/mol. The summed E-state index contributed by atoms with van der Waals surface area (Å²) in [6.07, 6.45) is -0.587. The van der Waals surface area contributed by atoms with Gasteiger partial charge in [0.25, 0.3) is 0 Å². The van der Waals surface area contributed by atoms with E-state index >= 15 is 0 Å². The third-order valence-electron chi connectivity index (χ3n) is 6.15. The van der Waals surface area contributed by atoms with E-state index in [1.54, 1.807) is 18.2 Å². The summed E-state index contributed by atoms with van der Waals surface area (Å²) in [7, 11) is 0. The van der Waals surface area contributed by atoms with Crippen LogP contribution in [0.25, 0.3) is 0 Å². The number of aliphatic hydroxyl groups is 1. The van der Waals surface area contributed by atoms with E-state index < -0.39 is 6.10 Å². The van der Waals surface area contributed by atoms with Gasteiger partial charge >= 0.3 is 0 Å². The van der Waals surface area contributed by atoms with Gasteiger partial charge in [0, 0.05) is 38.3 Å². The normalized spacial score (nSPS) is 16.0. The Bertz CT molecular complexity index is 978. The summed E-state index contributed by atoms with van der Waals surface area (Å²) < 4.78 is 5.74. The molecular formula is C28H32N2O3. The van der Waals surface area contributed by atoms with Gasteiger partial charge in [0.15, 0.2) is 5.78 Å². The van der Waals surface area contributed by atoms with Gasteiger partial charge < -0.3 is 9.84 Å². The molecule has 5 nitrogen and oxygen atoms in total. The number of rotatable bonds is 9. The number of aliphatic hydroxyl groups excluding tert-OH is 1. The lowest BCUT2D eigenvalue weighted by Gasteiger charge is -2.40. The second-order valence-corrected chi connectivity index (χ2v) is 8.61. The van der Waals surface area contributed by atoms with E-state index in [2.05, 4.69) is 70.5 Å². The first-order chi connectivity index (χ1) is 16.1. The highest BCUT2D eigenvalue weighted by Crippen LogP contribution is 2.29. The highest BCUT2D eigenvalue weighted by atomic mass is 16.5. The Morgan fingerprint density at radius 1 is 0.879 bits per heavy atom. The van der Waals surface area contributed by atoms with Crippen molar-refractivity contribution in [3.63, 3.8) is 0 Å². The van der Waals surface area contributed by atoms with Gasteiger partial charge in [0.2, 0.25) is 0 Å². The van der Waals surface area contributed by atoms with Crippen LogP contribution < -0.4 is 4.74 Å². The molecule has 1 N–H and O–H groups in total. The summed E-state index contributed by atoms with van der Waals surface area (Å²) in [5.74, 6) is 0.614. The van der Waals surface area contributed by atoms with Crippen LogP contribution in [-0.4, -0.2) is 66.1 Å². The molecule has 1 saturated heterocycles. The highest BCUT2D eigenvalue weighted by molar-refractivity contribution is 5.94. The van der Waals surface area contributed by atoms with E-state index in [0.717, 1.165) is 26.2 Å². The molecule has 1 unspecified atom stereocenters. The number of β-amino-alcohol motifs (C(OH)–C–C–N with tert-alkyl or cyclic N) is 1. The van der Waals surface area contributed by atoms with E-state index in [9.17, 15) is 9.90 Å². The number of benzene rings is 3. The molecule has 5 heteroatoms. The van der Waals surface area contributed by atoms with Crippen LogP contribution in [0.2, 0.25) is 0 Å². The minimum Gasteiger partial charge on any atom is -0.491 e. The van der Waals surface area contributed by atoms with Gasteiger partial charge in [0.1, 0.15) is 18.5 Å². The summed E-state index contributed by atoms with van der Waals surface area (Å²) in [6, 6.07) is 28.7. The van der Waals surface area contributed by atoms with Crippen molar-refractivity contribution < 1.29 is 14.6 Å². The molecule has 0 aromatic heterocycles. The zero-order chi connectivity index (χ0) is 23.0. The van der Waals surface area contributed by atoms with E-state index in [1.807, 2.05) is 6.07 Å². The second-order valence-electron chi connectivity index (χ2n) is 8.61. The number of Topliss-reactive ketones (excluding diaryl/α,β-unsaturated/α-hetero) is 1. The van der Waals surface area contributed by atoms with Crippen LogP contribution in [0.15, 0.2) is 84.9 Å². The molecule has 1 fully saturated rings. The summed E-state index contributed by atoms with van der Waals surface area (Å²) >= 11 is 0. The summed E-state index contributed by atoms with van der Waals surface area (Å²) in [4.78, 5) is 16.4. The summed E-state index contributed by atoms with van der Waals surface area (Å²) in [6.45, 7) is 5.97. The van der Waals surface area contributed by atoms with Crippen molar-refractivity contribution in [2.75, 3.05) is 39.3 Å². The fourth-order valence-electron chi connectivity index (χ4n) is 4.44. The Balaban J connectivity index is 1.31. The maximum atomic E-state index is 11.5. The third kappa shape index (κ3) is 6.29. The van der Waals surface area contributed by atoms with E-state index in [-0.39, 0.29) is 18.4 Å². The minimum absolute atomic E-state index is 0.00294. The van der Waals surface area contributed by atoms with Crippen LogP contribution in [0, 0.1) is 0 Å². The number of piperazine rings is 1. The molecule has 172 valence electrons. The molecule has 0 radical (unpaired) electrons. The van der Waals surface area contributed by atoms with Crippen molar-refractivity contribution in [1.29, 1.82) is 0 Å². The first-order valence-electron chi connectivity index (χ1n) is 11.6. The quantitative estimate of drug-likeness (QED) is 0.505. The molecule has 3 aromatic carbocycles. The van der Waals surface area contributed by atoms with Crippen LogP contribution in [0.4, 0.5) is 0 Å². The lowest BCUT2D eigenvalue weighted by atomic mass is 9.96. The topological polar surface area (TPSA) is 53.0 Å². The highest BCUT2D eigenvalue weighted by Gasteiger charge is 2.27. The zero-order valence-corrected chi connectivity index (χ0v) is 19.1. The minimum atomic E-state index is -0.587. The zero-order valence-electron chi connectivity index (χ0n) is 19.1. The molecule has 0 spiro atoms. The fraction of sp³-hybridized carbons (Fsp3) is 0.321. The van der Waals surface area contributed by atoms with Crippen molar-refractivity contribution in [2.45, 2.75) is 19.1 Å². The van der Waals surface area contributed by atoms with E-state index in [4.69, 9.17) is 4.74 Å². The van der Waals surface area contributed by atoms with Crippen LogP contribution in [0.5, 0.6) is 5.75 Å². The number of hydrogen-bond donors (Lipinski definition) is 1. The maximum Gasteiger partial charge on any atom is 0.159 e. The smallest absolute Gasteiger partial charge is 0.159 e. The maximum absolute atomic E-state index is 11.5. The number of ketones is 1. The Morgan fingerprint density at radius 2 is 1.48 bits per heavy atom. The predicted octanol–water partition coefficient (Wildman–Crippen LogP) is 4.04. The Labute approximate surface area is 196 Å². The van der Waals surface area contributed by atoms with Gasteiger partial charge in [-0.1, -0.05) is 72.8 Å².